The SMILES string of the molecule is Cc1cccc2cc(CN(C[C@H]3CCCO3)C(=O)C(F)(F)F)c3nnnn3c12. The first-order valence-corrected chi connectivity index (χ1v) is 8.91. The summed E-state index contributed by atoms with van der Waals surface area (Å²) >= 11 is 0. The minimum absolute atomic E-state index is 0.127. The normalized spacial score (nSPS) is 17.5. The van der Waals surface area contributed by atoms with Crippen molar-refractivity contribution in [2.45, 2.75) is 38.6 Å². The lowest BCUT2D eigenvalue weighted by atomic mass is 10.1. The molecule has 3 aromatic rings. The number of alkyl halides is 3. The van der Waals surface area contributed by atoms with Gasteiger partial charge in [0, 0.05) is 30.6 Å². The molecule has 3 heterocycles. The van der Waals surface area contributed by atoms with Crippen LogP contribution in [0, 0.1) is 6.92 Å². The Labute approximate surface area is 158 Å². The van der Waals surface area contributed by atoms with Crippen LogP contribution in [0.25, 0.3) is 16.6 Å². The highest BCUT2D eigenvalue weighted by atomic mass is 19.4. The smallest absolute Gasteiger partial charge is 0.376 e. The average molecular weight is 393 g/mol. The maximum atomic E-state index is 13.2. The number of para-hydroxylation sites is 1. The van der Waals surface area contributed by atoms with E-state index in [0.717, 1.165) is 27.8 Å². The van der Waals surface area contributed by atoms with E-state index in [2.05, 4.69) is 15.5 Å². The fourth-order valence-corrected chi connectivity index (χ4v) is 3.63. The molecule has 0 bridgehead atoms. The van der Waals surface area contributed by atoms with Crippen LogP contribution in [0.3, 0.4) is 0 Å². The number of benzene rings is 1. The lowest BCUT2D eigenvalue weighted by molar-refractivity contribution is -0.187. The predicted octanol–water partition coefficient (Wildman–Crippen LogP) is 2.66. The van der Waals surface area contributed by atoms with Gasteiger partial charge in [-0.25, -0.2) is 0 Å². The Morgan fingerprint density at radius 2 is 2.21 bits per heavy atom. The molecular formula is C18H18F3N5O2. The molecule has 0 unspecified atom stereocenters. The summed E-state index contributed by atoms with van der Waals surface area (Å²) in [6.07, 6.45) is -3.97. The highest BCUT2D eigenvalue weighted by molar-refractivity contribution is 5.86. The molecule has 2 aromatic heterocycles. The molecule has 0 saturated carbocycles. The molecule has 1 amide bonds. The number of hydrogen-bond donors (Lipinski definition) is 0. The summed E-state index contributed by atoms with van der Waals surface area (Å²) in [6.45, 7) is 2.01. The van der Waals surface area contributed by atoms with Crippen molar-refractivity contribution >= 4 is 22.5 Å². The number of tetrazole rings is 1. The first-order chi connectivity index (χ1) is 13.3. The summed E-state index contributed by atoms with van der Waals surface area (Å²) in [4.78, 5) is 12.8. The van der Waals surface area contributed by atoms with Gasteiger partial charge in [0.2, 0.25) is 0 Å². The Kier molecular flexibility index (Phi) is 4.66. The molecule has 1 atom stereocenters. The number of aromatic nitrogens is 4. The van der Waals surface area contributed by atoms with Gasteiger partial charge in [-0.05, 0) is 41.8 Å². The van der Waals surface area contributed by atoms with E-state index in [9.17, 15) is 18.0 Å². The van der Waals surface area contributed by atoms with E-state index in [0.29, 0.717) is 24.2 Å². The van der Waals surface area contributed by atoms with Gasteiger partial charge in [-0.3, -0.25) is 4.79 Å². The van der Waals surface area contributed by atoms with Crippen molar-refractivity contribution in [3.8, 4) is 0 Å². The van der Waals surface area contributed by atoms with Crippen LogP contribution >= 0.6 is 0 Å². The van der Waals surface area contributed by atoms with Crippen molar-refractivity contribution in [2.75, 3.05) is 13.2 Å². The Balaban J connectivity index is 1.75. The number of rotatable bonds is 4. The molecule has 4 rings (SSSR count). The van der Waals surface area contributed by atoms with E-state index in [1.807, 2.05) is 25.1 Å². The third-order valence-corrected chi connectivity index (χ3v) is 4.91. The highest BCUT2D eigenvalue weighted by Crippen LogP contribution is 2.26. The van der Waals surface area contributed by atoms with Crippen LogP contribution < -0.4 is 0 Å². The molecule has 0 radical (unpaired) electrons. The fourth-order valence-electron chi connectivity index (χ4n) is 3.63. The zero-order chi connectivity index (χ0) is 19.9. The van der Waals surface area contributed by atoms with E-state index >= 15 is 0 Å². The zero-order valence-corrected chi connectivity index (χ0v) is 15.1. The molecule has 1 aliphatic rings. The molecule has 0 spiro atoms. The van der Waals surface area contributed by atoms with Crippen molar-refractivity contribution in [2.24, 2.45) is 0 Å². The lowest BCUT2D eigenvalue weighted by Gasteiger charge is -2.26. The zero-order valence-electron chi connectivity index (χ0n) is 15.1. The topological polar surface area (TPSA) is 72.6 Å². The van der Waals surface area contributed by atoms with E-state index in [4.69, 9.17) is 4.74 Å². The van der Waals surface area contributed by atoms with E-state index in [1.165, 1.54) is 4.52 Å². The summed E-state index contributed by atoms with van der Waals surface area (Å²) in [7, 11) is 0. The number of pyridine rings is 1. The van der Waals surface area contributed by atoms with Gasteiger partial charge < -0.3 is 9.64 Å². The van der Waals surface area contributed by atoms with Crippen molar-refractivity contribution in [1.82, 2.24) is 24.9 Å². The molecule has 0 N–H and O–H groups in total. The summed E-state index contributed by atoms with van der Waals surface area (Å²) in [5, 5.41) is 12.4. The van der Waals surface area contributed by atoms with Crippen LogP contribution in [0.4, 0.5) is 13.2 Å². The van der Waals surface area contributed by atoms with Crippen molar-refractivity contribution in [3.63, 3.8) is 0 Å². The van der Waals surface area contributed by atoms with Gasteiger partial charge in [-0.15, -0.1) is 5.10 Å². The first-order valence-electron chi connectivity index (χ1n) is 8.91. The van der Waals surface area contributed by atoms with Gasteiger partial charge in [0.1, 0.15) is 0 Å². The molecular weight excluding hydrogens is 375 g/mol. The minimum Gasteiger partial charge on any atom is -0.376 e. The Morgan fingerprint density at radius 1 is 1.39 bits per heavy atom. The lowest BCUT2D eigenvalue weighted by Crippen LogP contribution is -2.44. The Morgan fingerprint density at radius 3 is 2.93 bits per heavy atom. The number of fused-ring (bicyclic) bond motifs is 3. The minimum atomic E-state index is -4.96. The number of ether oxygens (including phenoxy) is 1. The van der Waals surface area contributed by atoms with Crippen molar-refractivity contribution in [3.05, 3.63) is 35.4 Å². The molecule has 1 aromatic carbocycles. The second kappa shape index (κ2) is 7.01. The Bertz CT molecular complexity index is 1030. The Hall–Kier alpha value is -2.75. The van der Waals surface area contributed by atoms with E-state index in [-0.39, 0.29) is 13.1 Å². The van der Waals surface area contributed by atoms with Crippen molar-refractivity contribution < 1.29 is 22.7 Å². The molecule has 0 aliphatic carbocycles. The molecule has 1 saturated heterocycles. The third kappa shape index (κ3) is 3.39. The first kappa shape index (κ1) is 18.6. The molecule has 148 valence electrons. The number of hydrogen-bond acceptors (Lipinski definition) is 5. The predicted molar refractivity (Wildman–Crippen MR) is 93.5 cm³/mol. The van der Waals surface area contributed by atoms with Gasteiger partial charge in [0.05, 0.1) is 11.6 Å². The van der Waals surface area contributed by atoms with Crippen LogP contribution in [0.2, 0.25) is 0 Å². The second-order valence-corrected chi connectivity index (χ2v) is 6.92. The van der Waals surface area contributed by atoms with Gasteiger partial charge in [0.15, 0.2) is 5.65 Å². The monoisotopic (exact) mass is 393 g/mol. The molecule has 28 heavy (non-hydrogen) atoms. The van der Waals surface area contributed by atoms with Gasteiger partial charge in [-0.2, -0.15) is 17.7 Å². The maximum Gasteiger partial charge on any atom is 0.471 e. The highest BCUT2D eigenvalue weighted by Gasteiger charge is 2.43. The number of carbonyl (C=O) groups excluding carboxylic acids is 1. The molecule has 10 heteroatoms. The number of carbonyl (C=O) groups is 1. The van der Waals surface area contributed by atoms with Crippen LogP contribution in [-0.4, -0.2) is 56.3 Å². The van der Waals surface area contributed by atoms with E-state index in [1.54, 1.807) is 6.07 Å². The number of amides is 1. The quantitative estimate of drug-likeness (QED) is 0.682. The third-order valence-electron chi connectivity index (χ3n) is 4.91. The number of nitrogens with zero attached hydrogens (tertiary/aromatic N) is 5. The standard InChI is InChI=1S/C18H18F3N5O2/c1-11-4-2-5-12-8-13(16-22-23-24-26(16)15(11)12)9-25(17(27)18(19,20)21)10-14-6-3-7-28-14/h2,4-5,8,14H,3,6-7,9-10H2,1H3/t14-/m1/s1. The van der Waals surface area contributed by atoms with Gasteiger partial charge in [-0.1, -0.05) is 18.2 Å². The van der Waals surface area contributed by atoms with Crippen molar-refractivity contribution in [1.29, 1.82) is 0 Å². The van der Waals surface area contributed by atoms with Crippen LogP contribution in [0.15, 0.2) is 24.3 Å². The summed E-state index contributed by atoms with van der Waals surface area (Å²) in [5.41, 5.74) is 2.48. The average Bonchev–Trinajstić information content (AvgIpc) is 3.31. The summed E-state index contributed by atoms with van der Waals surface area (Å²) < 4.78 is 46.4. The van der Waals surface area contributed by atoms with E-state index < -0.39 is 18.2 Å². The maximum absolute atomic E-state index is 13.2. The second-order valence-electron chi connectivity index (χ2n) is 6.92. The summed E-state index contributed by atoms with van der Waals surface area (Å²) in [6, 6.07) is 7.33. The molecule has 1 aliphatic heterocycles. The molecule has 7 nitrogen and oxygen atoms in total. The van der Waals surface area contributed by atoms with Crippen LogP contribution in [0.1, 0.15) is 24.0 Å². The largest absolute Gasteiger partial charge is 0.471 e. The van der Waals surface area contributed by atoms with Crippen LogP contribution in [-0.2, 0) is 16.1 Å². The van der Waals surface area contributed by atoms with Gasteiger partial charge in [0.25, 0.3) is 0 Å². The van der Waals surface area contributed by atoms with Crippen LogP contribution in [0.5, 0.6) is 0 Å². The summed E-state index contributed by atoms with van der Waals surface area (Å²) in [5.74, 6) is -1.89. The number of halogens is 3. The molecule has 1 fully saturated rings. The fraction of sp³-hybridized carbons (Fsp3) is 0.444. The number of aryl methyl sites for hydroxylation is 1. The van der Waals surface area contributed by atoms with Gasteiger partial charge >= 0.3 is 12.1 Å².